The molecule has 5 heteroatoms. The van der Waals surface area contributed by atoms with Gasteiger partial charge in [-0.1, -0.05) is 26.0 Å². The van der Waals surface area contributed by atoms with Gasteiger partial charge in [0.2, 0.25) is 5.91 Å². The second kappa shape index (κ2) is 7.71. The van der Waals surface area contributed by atoms with Crippen LogP contribution >= 0.6 is 11.3 Å². The Morgan fingerprint density at radius 2 is 2.09 bits per heavy atom. The lowest BCUT2D eigenvalue weighted by atomic mass is 10.1. The van der Waals surface area contributed by atoms with Gasteiger partial charge < -0.3 is 5.32 Å². The molecule has 1 aromatic heterocycles. The van der Waals surface area contributed by atoms with E-state index in [0.29, 0.717) is 23.0 Å². The third kappa shape index (κ3) is 4.97. The maximum atomic E-state index is 11.8. The first-order valence-corrected chi connectivity index (χ1v) is 8.12. The summed E-state index contributed by atoms with van der Waals surface area (Å²) in [6, 6.07) is 9.61. The number of aromatic nitrogens is 1. The van der Waals surface area contributed by atoms with Crippen LogP contribution in [0.15, 0.2) is 30.5 Å². The van der Waals surface area contributed by atoms with Crippen molar-refractivity contribution in [2.75, 3.05) is 5.32 Å². The average Bonchev–Trinajstić information content (AvgIpc) is 2.93. The molecule has 0 bridgehead atoms. The smallest absolute Gasteiger partial charge is 0.226 e. The first kappa shape index (κ1) is 16.2. The van der Waals surface area contributed by atoms with Gasteiger partial charge in [-0.05, 0) is 30.0 Å². The summed E-state index contributed by atoms with van der Waals surface area (Å²) in [4.78, 5) is 17.1. The first-order chi connectivity index (χ1) is 10.6. The fourth-order valence-corrected chi connectivity index (χ4v) is 2.81. The molecular weight excluding hydrogens is 294 g/mol. The molecule has 1 N–H and O–H groups in total. The van der Waals surface area contributed by atoms with Crippen molar-refractivity contribution >= 4 is 22.4 Å². The Labute approximate surface area is 134 Å². The lowest BCUT2D eigenvalue weighted by Crippen LogP contribution is -2.11. The van der Waals surface area contributed by atoms with Crippen LogP contribution in [0.4, 0.5) is 5.13 Å². The summed E-state index contributed by atoms with van der Waals surface area (Å²) < 4.78 is 0. The van der Waals surface area contributed by atoms with E-state index in [4.69, 9.17) is 5.26 Å². The van der Waals surface area contributed by atoms with Crippen molar-refractivity contribution < 1.29 is 4.79 Å². The van der Waals surface area contributed by atoms with E-state index in [1.807, 2.05) is 24.3 Å². The molecule has 0 saturated heterocycles. The maximum absolute atomic E-state index is 11.8. The fraction of sp³-hybridized carbons (Fsp3) is 0.353. The molecule has 2 rings (SSSR count). The Hall–Kier alpha value is -2.19. The highest BCUT2D eigenvalue weighted by molar-refractivity contribution is 7.15. The number of thiazole rings is 1. The highest BCUT2D eigenvalue weighted by Gasteiger charge is 2.08. The molecule has 0 radical (unpaired) electrons. The number of carbonyl (C=O) groups excluding carboxylic acids is 1. The van der Waals surface area contributed by atoms with Crippen molar-refractivity contribution in [2.45, 2.75) is 33.1 Å². The van der Waals surface area contributed by atoms with Crippen molar-refractivity contribution in [3.8, 4) is 6.07 Å². The van der Waals surface area contributed by atoms with Gasteiger partial charge in [0.1, 0.15) is 0 Å². The SMILES string of the molecule is CC(C)CCC(=O)Nc1ncc(Cc2ccc(C#N)cc2)s1. The summed E-state index contributed by atoms with van der Waals surface area (Å²) in [7, 11) is 0. The molecule has 0 aliphatic carbocycles. The number of hydrogen-bond donors (Lipinski definition) is 1. The molecule has 1 aromatic carbocycles. The van der Waals surface area contributed by atoms with E-state index in [-0.39, 0.29) is 5.91 Å². The summed E-state index contributed by atoms with van der Waals surface area (Å²) in [5.74, 6) is 0.543. The predicted octanol–water partition coefficient (Wildman–Crippen LogP) is 3.98. The van der Waals surface area contributed by atoms with Crippen LogP contribution < -0.4 is 5.32 Å². The molecule has 1 heterocycles. The Bertz CT molecular complexity index is 668. The molecule has 4 nitrogen and oxygen atoms in total. The van der Waals surface area contributed by atoms with Gasteiger partial charge in [-0.25, -0.2) is 4.98 Å². The van der Waals surface area contributed by atoms with Crippen LogP contribution in [0.5, 0.6) is 0 Å². The summed E-state index contributed by atoms with van der Waals surface area (Å²) >= 11 is 1.49. The Morgan fingerprint density at radius 3 is 2.73 bits per heavy atom. The largest absolute Gasteiger partial charge is 0.302 e. The molecule has 0 unspecified atom stereocenters. The number of rotatable bonds is 6. The molecule has 0 aliphatic heterocycles. The molecule has 22 heavy (non-hydrogen) atoms. The molecular formula is C17H19N3OS. The molecule has 0 saturated carbocycles. The summed E-state index contributed by atoms with van der Waals surface area (Å²) in [5.41, 5.74) is 1.78. The van der Waals surface area contributed by atoms with Crippen LogP contribution in [0.2, 0.25) is 0 Å². The zero-order valence-corrected chi connectivity index (χ0v) is 13.6. The molecule has 0 spiro atoms. The second-order valence-corrected chi connectivity index (χ2v) is 6.71. The van der Waals surface area contributed by atoms with Crippen LogP contribution in [-0.4, -0.2) is 10.9 Å². The zero-order valence-electron chi connectivity index (χ0n) is 12.8. The molecule has 0 aliphatic rings. The number of hydrogen-bond acceptors (Lipinski definition) is 4. The molecule has 2 aromatic rings. The highest BCUT2D eigenvalue weighted by Crippen LogP contribution is 2.21. The number of amides is 1. The van der Waals surface area contributed by atoms with Crippen LogP contribution in [-0.2, 0) is 11.2 Å². The van der Waals surface area contributed by atoms with Gasteiger partial charge in [0.05, 0.1) is 11.6 Å². The predicted molar refractivity (Wildman–Crippen MR) is 88.8 cm³/mol. The third-order valence-electron chi connectivity index (χ3n) is 3.21. The minimum atomic E-state index is 0.0213. The van der Waals surface area contributed by atoms with E-state index >= 15 is 0 Å². The summed E-state index contributed by atoms with van der Waals surface area (Å²) in [6.45, 7) is 4.21. The second-order valence-electron chi connectivity index (χ2n) is 5.60. The molecule has 1 amide bonds. The quantitative estimate of drug-likeness (QED) is 0.877. The first-order valence-electron chi connectivity index (χ1n) is 7.30. The average molecular weight is 313 g/mol. The number of carbonyl (C=O) groups is 1. The highest BCUT2D eigenvalue weighted by atomic mass is 32.1. The number of benzene rings is 1. The Kier molecular flexibility index (Phi) is 5.68. The summed E-state index contributed by atoms with van der Waals surface area (Å²) in [6.07, 6.45) is 3.96. The van der Waals surface area contributed by atoms with E-state index in [9.17, 15) is 4.79 Å². The third-order valence-corrected chi connectivity index (χ3v) is 4.12. The van der Waals surface area contributed by atoms with Crippen LogP contribution in [0.1, 0.15) is 42.7 Å². The van der Waals surface area contributed by atoms with Crippen molar-refractivity contribution in [3.05, 3.63) is 46.5 Å². The van der Waals surface area contributed by atoms with E-state index in [0.717, 1.165) is 23.3 Å². The number of anilines is 1. The van der Waals surface area contributed by atoms with Gasteiger partial charge >= 0.3 is 0 Å². The lowest BCUT2D eigenvalue weighted by molar-refractivity contribution is -0.116. The number of nitriles is 1. The van der Waals surface area contributed by atoms with Crippen molar-refractivity contribution in [1.29, 1.82) is 5.26 Å². The van der Waals surface area contributed by atoms with Crippen molar-refractivity contribution in [1.82, 2.24) is 4.98 Å². The van der Waals surface area contributed by atoms with Gasteiger partial charge in [0, 0.05) is 23.9 Å². The topological polar surface area (TPSA) is 65.8 Å². The molecule has 114 valence electrons. The summed E-state index contributed by atoms with van der Waals surface area (Å²) in [5, 5.41) is 12.3. The van der Waals surface area contributed by atoms with Gasteiger partial charge in [0.25, 0.3) is 0 Å². The van der Waals surface area contributed by atoms with Crippen molar-refractivity contribution in [3.63, 3.8) is 0 Å². The van der Waals surface area contributed by atoms with Gasteiger partial charge in [-0.15, -0.1) is 11.3 Å². The minimum Gasteiger partial charge on any atom is -0.302 e. The number of nitrogens with one attached hydrogen (secondary N) is 1. The fourth-order valence-electron chi connectivity index (χ4n) is 1.95. The lowest BCUT2D eigenvalue weighted by Gasteiger charge is -2.03. The monoisotopic (exact) mass is 313 g/mol. The zero-order chi connectivity index (χ0) is 15.9. The van der Waals surface area contributed by atoms with E-state index in [1.54, 1.807) is 6.20 Å². The van der Waals surface area contributed by atoms with Crippen LogP contribution in [0.3, 0.4) is 0 Å². The Morgan fingerprint density at radius 1 is 1.36 bits per heavy atom. The minimum absolute atomic E-state index is 0.0213. The molecule has 0 fully saturated rings. The number of nitrogens with zero attached hydrogens (tertiary/aromatic N) is 2. The van der Waals surface area contributed by atoms with E-state index in [2.05, 4.69) is 30.2 Å². The van der Waals surface area contributed by atoms with E-state index in [1.165, 1.54) is 11.3 Å². The molecule has 0 atom stereocenters. The Balaban J connectivity index is 1.90. The van der Waals surface area contributed by atoms with Gasteiger partial charge in [0.15, 0.2) is 5.13 Å². The maximum Gasteiger partial charge on any atom is 0.226 e. The normalized spacial score (nSPS) is 10.5. The van der Waals surface area contributed by atoms with Crippen molar-refractivity contribution in [2.24, 2.45) is 5.92 Å². The van der Waals surface area contributed by atoms with Gasteiger partial charge in [-0.3, -0.25) is 4.79 Å². The van der Waals surface area contributed by atoms with Crippen LogP contribution in [0.25, 0.3) is 0 Å². The van der Waals surface area contributed by atoms with E-state index < -0.39 is 0 Å². The van der Waals surface area contributed by atoms with Gasteiger partial charge in [-0.2, -0.15) is 5.26 Å². The van der Waals surface area contributed by atoms with Crippen LogP contribution in [0, 0.1) is 17.2 Å². The standard InChI is InChI=1S/C17H19N3OS/c1-12(2)3-8-16(21)20-17-19-11-15(22-17)9-13-4-6-14(10-18)7-5-13/h4-7,11-12H,3,8-9H2,1-2H3,(H,19,20,21).